The molecule has 0 aliphatic heterocycles. The number of rotatable bonds is 5. The second kappa shape index (κ2) is 6.91. The Morgan fingerprint density at radius 3 is 2.76 bits per heavy atom. The van der Waals surface area contributed by atoms with Crippen molar-refractivity contribution in [1.29, 1.82) is 0 Å². The van der Waals surface area contributed by atoms with Crippen LogP contribution in [0.15, 0.2) is 58.7 Å². The number of benzene rings is 1. The van der Waals surface area contributed by atoms with Gasteiger partial charge in [-0.25, -0.2) is 17.5 Å². The number of nitrogens with zero attached hydrogens (tertiary/aromatic N) is 3. The molecular weight excluding hydrogens is 367 g/mol. The molecule has 25 heavy (non-hydrogen) atoms. The summed E-state index contributed by atoms with van der Waals surface area (Å²) in [5.74, 6) is -0.745. The first-order valence-electron chi connectivity index (χ1n) is 7.28. The van der Waals surface area contributed by atoms with Crippen LogP contribution >= 0.6 is 11.6 Å². The summed E-state index contributed by atoms with van der Waals surface area (Å²) in [5, 5.41) is 6.83. The standard InChI is InChI=1S/C16H14ClFN4O2S/c1-19-9-11-8-15(25(23,24)12-4-3-7-20-10-12)22(21-11)14-6-2-5-13(17)16(14)18/h2-8,10,19H,9H2,1H3. The number of aromatic nitrogens is 3. The quantitative estimate of drug-likeness (QED) is 0.736. The van der Waals surface area contributed by atoms with Gasteiger partial charge in [0.1, 0.15) is 5.69 Å². The van der Waals surface area contributed by atoms with Crippen LogP contribution in [-0.2, 0) is 16.4 Å². The van der Waals surface area contributed by atoms with Gasteiger partial charge in [-0.2, -0.15) is 5.10 Å². The molecule has 9 heteroatoms. The van der Waals surface area contributed by atoms with Gasteiger partial charge in [-0.1, -0.05) is 17.7 Å². The van der Waals surface area contributed by atoms with Crippen LogP contribution in [0.1, 0.15) is 5.69 Å². The smallest absolute Gasteiger partial charge is 0.225 e. The second-order valence-corrected chi connectivity index (χ2v) is 7.48. The van der Waals surface area contributed by atoms with Crippen molar-refractivity contribution < 1.29 is 12.8 Å². The van der Waals surface area contributed by atoms with Gasteiger partial charge in [-0.3, -0.25) is 4.98 Å². The molecule has 0 amide bonds. The average Bonchev–Trinajstić information content (AvgIpc) is 3.03. The number of pyridine rings is 1. The van der Waals surface area contributed by atoms with Gasteiger partial charge >= 0.3 is 0 Å². The Morgan fingerprint density at radius 2 is 2.08 bits per heavy atom. The van der Waals surface area contributed by atoms with Crippen LogP contribution in [0.5, 0.6) is 0 Å². The number of sulfone groups is 1. The zero-order valence-electron chi connectivity index (χ0n) is 13.1. The molecule has 2 heterocycles. The van der Waals surface area contributed by atoms with Crippen molar-refractivity contribution in [3.05, 3.63) is 65.3 Å². The van der Waals surface area contributed by atoms with Gasteiger partial charge in [0.25, 0.3) is 0 Å². The van der Waals surface area contributed by atoms with Gasteiger partial charge in [0, 0.05) is 25.0 Å². The summed E-state index contributed by atoms with van der Waals surface area (Å²) >= 11 is 5.83. The Balaban J connectivity index is 2.25. The molecule has 0 saturated carbocycles. The summed E-state index contributed by atoms with van der Waals surface area (Å²) in [5.41, 5.74) is 0.404. The van der Waals surface area contributed by atoms with Crippen molar-refractivity contribution in [2.24, 2.45) is 0 Å². The maximum absolute atomic E-state index is 14.4. The van der Waals surface area contributed by atoms with Crippen LogP contribution in [0, 0.1) is 5.82 Å². The maximum atomic E-state index is 14.4. The summed E-state index contributed by atoms with van der Waals surface area (Å²) in [7, 11) is -2.24. The van der Waals surface area contributed by atoms with Crippen molar-refractivity contribution in [2.75, 3.05) is 7.05 Å². The lowest BCUT2D eigenvalue weighted by Gasteiger charge is -2.09. The minimum Gasteiger partial charge on any atom is -0.314 e. The first-order chi connectivity index (χ1) is 11.9. The Hall–Kier alpha value is -2.29. The van der Waals surface area contributed by atoms with Crippen LogP contribution in [0.2, 0.25) is 5.02 Å². The van der Waals surface area contributed by atoms with Crippen LogP contribution in [-0.4, -0.2) is 30.2 Å². The summed E-state index contributed by atoms with van der Waals surface area (Å²) in [6.45, 7) is 0.324. The molecule has 130 valence electrons. The van der Waals surface area contributed by atoms with Gasteiger partial charge in [-0.15, -0.1) is 0 Å². The second-order valence-electron chi connectivity index (χ2n) is 5.18. The average molecular weight is 381 g/mol. The molecule has 0 aliphatic rings. The zero-order valence-corrected chi connectivity index (χ0v) is 14.7. The molecule has 0 radical (unpaired) electrons. The van der Waals surface area contributed by atoms with E-state index >= 15 is 0 Å². The fourth-order valence-corrected chi connectivity index (χ4v) is 3.85. The summed E-state index contributed by atoms with van der Waals surface area (Å²) < 4.78 is 41.4. The number of hydrogen-bond donors (Lipinski definition) is 1. The van der Waals surface area contributed by atoms with Gasteiger partial charge < -0.3 is 5.32 Å². The molecule has 3 aromatic rings. The molecular formula is C16H14ClFN4O2S. The van der Waals surface area contributed by atoms with Crippen molar-refractivity contribution >= 4 is 21.4 Å². The first kappa shape index (κ1) is 17.5. The Kier molecular flexibility index (Phi) is 4.85. The highest BCUT2D eigenvalue weighted by atomic mass is 35.5. The zero-order chi connectivity index (χ0) is 18.0. The SMILES string of the molecule is CNCc1cc(S(=O)(=O)c2cccnc2)n(-c2cccc(Cl)c2F)n1. The Bertz CT molecular complexity index is 1010. The van der Waals surface area contributed by atoms with E-state index in [1.807, 2.05) is 0 Å². The molecule has 1 N–H and O–H groups in total. The van der Waals surface area contributed by atoms with Crippen molar-refractivity contribution in [2.45, 2.75) is 16.5 Å². The lowest BCUT2D eigenvalue weighted by molar-refractivity contribution is 0.575. The lowest BCUT2D eigenvalue weighted by atomic mass is 10.3. The molecule has 0 saturated heterocycles. The topological polar surface area (TPSA) is 76.9 Å². The summed E-state index contributed by atoms with van der Waals surface area (Å²) in [6.07, 6.45) is 2.71. The highest BCUT2D eigenvalue weighted by Crippen LogP contribution is 2.27. The molecule has 6 nitrogen and oxygen atoms in total. The molecule has 0 unspecified atom stereocenters. The predicted octanol–water partition coefficient (Wildman–Crippen LogP) is 2.61. The van der Waals surface area contributed by atoms with Crippen molar-refractivity contribution in [3.63, 3.8) is 0 Å². The highest BCUT2D eigenvalue weighted by Gasteiger charge is 2.26. The normalized spacial score (nSPS) is 11.6. The van der Waals surface area contributed by atoms with Crippen LogP contribution in [0.4, 0.5) is 4.39 Å². The van der Waals surface area contributed by atoms with E-state index in [0.29, 0.717) is 12.2 Å². The van der Waals surface area contributed by atoms with E-state index in [-0.39, 0.29) is 20.6 Å². The van der Waals surface area contributed by atoms with E-state index in [1.165, 1.54) is 48.8 Å². The summed E-state index contributed by atoms with van der Waals surface area (Å²) in [6, 6.07) is 8.67. The first-order valence-corrected chi connectivity index (χ1v) is 9.14. The monoisotopic (exact) mass is 380 g/mol. The molecule has 2 aromatic heterocycles. The number of hydrogen-bond acceptors (Lipinski definition) is 5. The molecule has 0 aliphatic carbocycles. The van der Waals surface area contributed by atoms with E-state index in [0.717, 1.165) is 4.68 Å². The van der Waals surface area contributed by atoms with Gasteiger partial charge in [0.15, 0.2) is 10.8 Å². The molecule has 0 bridgehead atoms. The van der Waals surface area contributed by atoms with Gasteiger partial charge in [0.2, 0.25) is 9.84 Å². The molecule has 0 atom stereocenters. The largest absolute Gasteiger partial charge is 0.314 e. The van der Waals surface area contributed by atoms with E-state index in [4.69, 9.17) is 11.6 Å². The van der Waals surface area contributed by atoms with E-state index in [2.05, 4.69) is 15.4 Å². The highest BCUT2D eigenvalue weighted by molar-refractivity contribution is 7.91. The predicted molar refractivity (Wildman–Crippen MR) is 91.0 cm³/mol. The third kappa shape index (κ3) is 3.28. The van der Waals surface area contributed by atoms with Crippen LogP contribution in [0.25, 0.3) is 5.69 Å². The van der Waals surface area contributed by atoms with Crippen molar-refractivity contribution in [3.8, 4) is 5.69 Å². The molecule has 3 rings (SSSR count). The fourth-order valence-electron chi connectivity index (χ4n) is 2.32. The Labute approximate surface area is 149 Å². The molecule has 0 fully saturated rings. The Morgan fingerprint density at radius 1 is 1.28 bits per heavy atom. The minimum atomic E-state index is -3.94. The third-order valence-electron chi connectivity index (χ3n) is 3.46. The van der Waals surface area contributed by atoms with E-state index < -0.39 is 15.7 Å². The minimum absolute atomic E-state index is 0.00501. The van der Waals surface area contributed by atoms with E-state index in [9.17, 15) is 12.8 Å². The molecule has 1 aromatic carbocycles. The number of halogens is 2. The summed E-state index contributed by atoms with van der Waals surface area (Å²) in [4.78, 5) is 3.83. The van der Waals surface area contributed by atoms with Crippen LogP contribution < -0.4 is 5.32 Å². The fraction of sp³-hybridized carbons (Fsp3) is 0.125. The van der Waals surface area contributed by atoms with Crippen molar-refractivity contribution in [1.82, 2.24) is 20.1 Å². The van der Waals surface area contributed by atoms with Crippen LogP contribution in [0.3, 0.4) is 0 Å². The van der Waals surface area contributed by atoms with E-state index in [1.54, 1.807) is 7.05 Å². The maximum Gasteiger partial charge on any atom is 0.225 e. The third-order valence-corrected chi connectivity index (χ3v) is 5.46. The lowest BCUT2D eigenvalue weighted by Crippen LogP contribution is -2.11. The molecule has 0 spiro atoms. The van der Waals surface area contributed by atoms with Gasteiger partial charge in [-0.05, 0) is 31.3 Å². The number of nitrogens with one attached hydrogen (secondary N) is 1. The van der Waals surface area contributed by atoms with Gasteiger partial charge in [0.05, 0.1) is 15.6 Å².